The Balaban J connectivity index is 2.46. The number of nitrogens with one attached hydrogen (secondary N) is 2. The molecule has 0 amide bonds. The molecule has 0 fully saturated rings. The first kappa shape index (κ1) is 13.7. The molecule has 0 aromatic carbocycles. The van der Waals surface area contributed by atoms with Gasteiger partial charge in [0.1, 0.15) is 17.5 Å². The fourth-order valence-electron chi connectivity index (χ4n) is 1.40. The van der Waals surface area contributed by atoms with Crippen LogP contribution in [-0.4, -0.2) is 35.8 Å². The molecule has 0 radical (unpaired) electrons. The summed E-state index contributed by atoms with van der Waals surface area (Å²) in [5, 5.41) is 6.40. The molecule has 5 nitrogen and oxygen atoms in total. The molecule has 0 aliphatic rings. The zero-order valence-corrected chi connectivity index (χ0v) is 11.1. The van der Waals surface area contributed by atoms with Crippen molar-refractivity contribution in [3.63, 3.8) is 0 Å². The van der Waals surface area contributed by atoms with Crippen molar-refractivity contribution in [1.29, 1.82) is 0 Å². The van der Waals surface area contributed by atoms with Crippen LogP contribution < -0.4 is 10.6 Å². The van der Waals surface area contributed by atoms with Gasteiger partial charge in [-0.25, -0.2) is 9.97 Å². The molecule has 0 aliphatic carbocycles. The van der Waals surface area contributed by atoms with Gasteiger partial charge in [-0.05, 0) is 27.7 Å². The minimum Gasteiger partial charge on any atom is -0.377 e. The normalized spacial score (nSPS) is 10.6. The van der Waals surface area contributed by atoms with E-state index < -0.39 is 0 Å². The Morgan fingerprint density at radius 3 is 2.47 bits per heavy atom. The van der Waals surface area contributed by atoms with E-state index >= 15 is 0 Å². The molecule has 5 heteroatoms. The lowest BCUT2D eigenvalue weighted by molar-refractivity contribution is 0.0870. The van der Waals surface area contributed by atoms with E-state index in [2.05, 4.69) is 20.6 Å². The van der Waals surface area contributed by atoms with Crippen molar-refractivity contribution < 1.29 is 4.74 Å². The number of hydrogen-bond donors (Lipinski definition) is 2. The monoisotopic (exact) mass is 238 g/mol. The Morgan fingerprint density at radius 2 is 1.88 bits per heavy atom. The van der Waals surface area contributed by atoms with Gasteiger partial charge >= 0.3 is 0 Å². The Hall–Kier alpha value is -1.36. The van der Waals surface area contributed by atoms with Gasteiger partial charge in [0.05, 0.1) is 12.7 Å². The summed E-state index contributed by atoms with van der Waals surface area (Å²) in [6.45, 7) is 10.3. The molecule has 1 rings (SSSR count). The van der Waals surface area contributed by atoms with E-state index in [-0.39, 0.29) is 6.10 Å². The minimum absolute atomic E-state index is 0.265. The zero-order valence-electron chi connectivity index (χ0n) is 11.1. The number of hydrogen-bond acceptors (Lipinski definition) is 5. The highest BCUT2D eigenvalue weighted by molar-refractivity contribution is 5.47. The molecule has 0 spiro atoms. The summed E-state index contributed by atoms with van der Waals surface area (Å²) < 4.78 is 5.45. The lowest BCUT2D eigenvalue weighted by Gasteiger charge is -2.10. The number of aromatic nitrogens is 2. The number of nitrogens with zero attached hydrogens (tertiary/aromatic N) is 2. The Kier molecular flexibility index (Phi) is 5.69. The highest BCUT2D eigenvalue weighted by Crippen LogP contribution is 2.10. The van der Waals surface area contributed by atoms with E-state index in [1.165, 1.54) is 0 Å². The van der Waals surface area contributed by atoms with Crippen molar-refractivity contribution >= 4 is 11.6 Å². The van der Waals surface area contributed by atoms with Crippen molar-refractivity contribution in [3.05, 3.63) is 11.9 Å². The second-order valence-corrected chi connectivity index (χ2v) is 4.06. The molecule has 0 aliphatic heterocycles. The van der Waals surface area contributed by atoms with Crippen LogP contribution in [0.3, 0.4) is 0 Å². The smallest absolute Gasteiger partial charge is 0.131 e. The van der Waals surface area contributed by atoms with Crippen LogP contribution in [0.4, 0.5) is 11.6 Å². The lowest BCUT2D eigenvalue weighted by Crippen LogP contribution is -2.14. The zero-order chi connectivity index (χ0) is 12.7. The fourth-order valence-corrected chi connectivity index (χ4v) is 1.40. The molecule has 17 heavy (non-hydrogen) atoms. The molecule has 0 atom stereocenters. The summed E-state index contributed by atoms with van der Waals surface area (Å²) in [5.41, 5.74) is 0. The molecule has 2 N–H and O–H groups in total. The van der Waals surface area contributed by atoms with E-state index in [9.17, 15) is 0 Å². The van der Waals surface area contributed by atoms with E-state index in [0.717, 1.165) is 30.5 Å². The third kappa shape index (κ3) is 5.49. The van der Waals surface area contributed by atoms with Gasteiger partial charge in [-0.15, -0.1) is 0 Å². The van der Waals surface area contributed by atoms with Crippen LogP contribution in [0, 0.1) is 6.92 Å². The highest BCUT2D eigenvalue weighted by Gasteiger charge is 2.00. The molecule has 0 saturated heterocycles. The standard InChI is InChI=1S/C12H22N4O/c1-5-13-11-8-12(16-10(4)15-11)14-6-7-17-9(2)3/h8-9H,5-7H2,1-4H3,(H2,13,14,15,16). The maximum absolute atomic E-state index is 5.45. The van der Waals surface area contributed by atoms with Gasteiger partial charge in [0.25, 0.3) is 0 Å². The van der Waals surface area contributed by atoms with Crippen molar-refractivity contribution in [1.82, 2.24) is 9.97 Å². The van der Waals surface area contributed by atoms with Gasteiger partial charge in [-0.1, -0.05) is 0 Å². The third-order valence-electron chi connectivity index (χ3n) is 2.06. The van der Waals surface area contributed by atoms with Crippen molar-refractivity contribution in [2.24, 2.45) is 0 Å². The number of aryl methyl sites for hydroxylation is 1. The number of anilines is 2. The van der Waals surface area contributed by atoms with Crippen LogP contribution >= 0.6 is 0 Å². The highest BCUT2D eigenvalue weighted by atomic mass is 16.5. The molecule has 0 saturated carbocycles. The quantitative estimate of drug-likeness (QED) is 0.712. The predicted octanol–water partition coefficient (Wildman–Crippen LogP) is 2.05. The minimum atomic E-state index is 0.265. The average Bonchev–Trinajstić information content (AvgIpc) is 2.24. The molecule has 96 valence electrons. The summed E-state index contributed by atoms with van der Waals surface area (Å²) in [7, 11) is 0. The molecule has 0 bridgehead atoms. The first-order valence-corrected chi connectivity index (χ1v) is 6.07. The van der Waals surface area contributed by atoms with Crippen LogP contribution in [0.15, 0.2) is 6.07 Å². The van der Waals surface area contributed by atoms with Crippen molar-refractivity contribution in [2.75, 3.05) is 30.3 Å². The lowest BCUT2D eigenvalue weighted by atomic mass is 10.4. The van der Waals surface area contributed by atoms with E-state index in [1.807, 2.05) is 33.8 Å². The summed E-state index contributed by atoms with van der Waals surface area (Å²) in [6, 6.07) is 1.91. The van der Waals surface area contributed by atoms with Gasteiger partial charge in [0, 0.05) is 19.2 Å². The number of rotatable bonds is 7. The summed E-state index contributed by atoms with van der Waals surface area (Å²) >= 11 is 0. The first-order chi connectivity index (χ1) is 8.11. The Labute approximate surface area is 103 Å². The number of ether oxygens (including phenoxy) is 1. The molecule has 1 aromatic rings. The molecular formula is C12H22N4O. The Morgan fingerprint density at radius 1 is 1.24 bits per heavy atom. The second-order valence-electron chi connectivity index (χ2n) is 4.06. The van der Waals surface area contributed by atoms with E-state index in [1.54, 1.807) is 0 Å². The molecular weight excluding hydrogens is 216 g/mol. The Bertz CT molecular complexity index is 341. The molecule has 1 heterocycles. The van der Waals surface area contributed by atoms with E-state index in [4.69, 9.17) is 4.74 Å². The molecule has 0 unspecified atom stereocenters. The SMILES string of the molecule is CCNc1cc(NCCOC(C)C)nc(C)n1. The summed E-state index contributed by atoms with van der Waals surface area (Å²) in [5.74, 6) is 2.45. The molecule has 1 aromatic heterocycles. The largest absolute Gasteiger partial charge is 0.377 e. The summed E-state index contributed by atoms with van der Waals surface area (Å²) in [4.78, 5) is 8.60. The van der Waals surface area contributed by atoms with Crippen LogP contribution in [0.1, 0.15) is 26.6 Å². The van der Waals surface area contributed by atoms with Crippen LogP contribution in [-0.2, 0) is 4.74 Å². The maximum atomic E-state index is 5.45. The maximum Gasteiger partial charge on any atom is 0.131 e. The van der Waals surface area contributed by atoms with Gasteiger partial charge < -0.3 is 15.4 Å². The van der Waals surface area contributed by atoms with Gasteiger partial charge in [-0.2, -0.15) is 0 Å². The van der Waals surface area contributed by atoms with Gasteiger partial charge in [0.2, 0.25) is 0 Å². The van der Waals surface area contributed by atoms with Crippen LogP contribution in [0.25, 0.3) is 0 Å². The summed E-state index contributed by atoms with van der Waals surface area (Å²) in [6.07, 6.45) is 0.265. The topological polar surface area (TPSA) is 59.1 Å². The van der Waals surface area contributed by atoms with Crippen LogP contribution in [0.2, 0.25) is 0 Å². The second kappa shape index (κ2) is 7.06. The average molecular weight is 238 g/mol. The van der Waals surface area contributed by atoms with Crippen molar-refractivity contribution in [2.45, 2.75) is 33.8 Å². The fraction of sp³-hybridized carbons (Fsp3) is 0.667. The predicted molar refractivity (Wildman–Crippen MR) is 70.5 cm³/mol. The van der Waals surface area contributed by atoms with E-state index in [0.29, 0.717) is 6.61 Å². The van der Waals surface area contributed by atoms with Crippen molar-refractivity contribution in [3.8, 4) is 0 Å². The van der Waals surface area contributed by atoms with Gasteiger partial charge in [-0.3, -0.25) is 0 Å². The third-order valence-corrected chi connectivity index (χ3v) is 2.06. The van der Waals surface area contributed by atoms with Gasteiger partial charge in [0.15, 0.2) is 0 Å². The first-order valence-electron chi connectivity index (χ1n) is 6.07. The van der Waals surface area contributed by atoms with Crippen LogP contribution in [0.5, 0.6) is 0 Å².